The summed E-state index contributed by atoms with van der Waals surface area (Å²) in [6, 6.07) is 7.66. The fourth-order valence-electron chi connectivity index (χ4n) is 1.82. The van der Waals surface area contributed by atoms with Crippen molar-refractivity contribution < 1.29 is 9.66 Å². The molecule has 7 nitrogen and oxygen atoms in total. The number of methoxy groups -OCH3 is 1. The lowest BCUT2D eigenvalue weighted by Gasteiger charge is -2.09. The number of aromatic nitrogens is 2. The van der Waals surface area contributed by atoms with Gasteiger partial charge in [-0.15, -0.1) is 0 Å². The molecule has 0 atom stereocenters. The van der Waals surface area contributed by atoms with E-state index in [1.807, 2.05) is 24.3 Å². The third-order valence-electron chi connectivity index (χ3n) is 2.79. The number of nitrogens with zero attached hydrogens (tertiary/aromatic N) is 3. The monoisotopic (exact) mass is 262 g/mol. The lowest BCUT2D eigenvalue weighted by atomic mass is 10.1. The van der Waals surface area contributed by atoms with Crippen LogP contribution in [0.15, 0.2) is 30.5 Å². The van der Waals surface area contributed by atoms with E-state index in [1.54, 1.807) is 7.11 Å². The van der Waals surface area contributed by atoms with Gasteiger partial charge in [0.05, 0.1) is 18.1 Å². The number of hydrogen-bond acceptors (Lipinski definition) is 5. The maximum atomic E-state index is 10.7. The fraction of sp³-hybridized carbons (Fsp3) is 0.250. The van der Waals surface area contributed by atoms with Crippen LogP contribution in [0, 0.1) is 10.1 Å². The Kier molecular flexibility index (Phi) is 3.76. The Morgan fingerprint density at radius 3 is 2.68 bits per heavy atom. The van der Waals surface area contributed by atoms with Crippen molar-refractivity contribution in [3.8, 4) is 0 Å². The number of rotatable bonds is 5. The molecule has 2 rings (SSSR count). The highest BCUT2D eigenvalue weighted by molar-refractivity contribution is 5.51. The molecule has 0 aliphatic heterocycles. The molecule has 0 fully saturated rings. The Hall–Kier alpha value is -2.41. The maximum absolute atomic E-state index is 10.7. The highest BCUT2D eigenvalue weighted by Gasteiger charge is 2.17. The Balaban J connectivity index is 2.29. The smallest absolute Gasteiger partial charge is 0.330 e. The minimum absolute atomic E-state index is 0.0530. The SMILES string of the molecule is COCc1ccccc1Cn1ncc([N+](=O)[O-])c1N. The van der Waals surface area contributed by atoms with Gasteiger partial charge in [-0.25, -0.2) is 4.68 Å². The first-order chi connectivity index (χ1) is 9.13. The van der Waals surface area contributed by atoms with Crippen LogP contribution >= 0.6 is 0 Å². The molecular formula is C12H14N4O3. The van der Waals surface area contributed by atoms with Crippen LogP contribution in [0.25, 0.3) is 0 Å². The van der Waals surface area contributed by atoms with Crippen molar-refractivity contribution in [2.75, 3.05) is 12.8 Å². The summed E-state index contributed by atoms with van der Waals surface area (Å²) in [5.41, 5.74) is 7.50. The van der Waals surface area contributed by atoms with Crippen LogP contribution in [0.3, 0.4) is 0 Å². The minimum atomic E-state index is -0.542. The second-order valence-corrected chi connectivity index (χ2v) is 4.03. The van der Waals surface area contributed by atoms with Gasteiger partial charge in [-0.1, -0.05) is 24.3 Å². The molecule has 1 heterocycles. The zero-order valence-electron chi connectivity index (χ0n) is 10.4. The van der Waals surface area contributed by atoms with Gasteiger partial charge >= 0.3 is 5.69 Å². The van der Waals surface area contributed by atoms with Gasteiger partial charge in [-0.05, 0) is 11.1 Å². The van der Waals surface area contributed by atoms with Crippen molar-refractivity contribution in [3.05, 3.63) is 51.7 Å². The van der Waals surface area contributed by atoms with Crippen molar-refractivity contribution >= 4 is 11.5 Å². The summed E-state index contributed by atoms with van der Waals surface area (Å²) in [5, 5.41) is 14.7. The van der Waals surface area contributed by atoms with E-state index in [0.717, 1.165) is 17.3 Å². The second-order valence-electron chi connectivity index (χ2n) is 4.03. The fourth-order valence-corrected chi connectivity index (χ4v) is 1.82. The van der Waals surface area contributed by atoms with Crippen LogP contribution in [0.1, 0.15) is 11.1 Å². The Labute approximate surface area is 109 Å². The molecule has 0 spiro atoms. The number of nitrogen functional groups attached to an aromatic ring is 1. The molecule has 100 valence electrons. The van der Waals surface area contributed by atoms with Gasteiger partial charge in [0.1, 0.15) is 6.20 Å². The highest BCUT2D eigenvalue weighted by atomic mass is 16.6. The maximum Gasteiger partial charge on any atom is 0.330 e. The molecule has 0 aliphatic carbocycles. The molecule has 1 aromatic heterocycles. The summed E-state index contributed by atoms with van der Waals surface area (Å²) in [5.74, 6) is 0.0530. The molecule has 0 bridgehead atoms. The van der Waals surface area contributed by atoms with Crippen molar-refractivity contribution in [2.45, 2.75) is 13.2 Å². The normalized spacial score (nSPS) is 10.6. The molecular weight excluding hydrogens is 248 g/mol. The lowest BCUT2D eigenvalue weighted by Crippen LogP contribution is -2.08. The summed E-state index contributed by atoms with van der Waals surface area (Å²) in [7, 11) is 1.61. The van der Waals surface area contributed by atoms with Crippen molar-refractivity contribution in [2.24, 2.45) is 0 Å². The molecule has 0 amide bonds. The van der Waals surface area contributed by atoms with Gasteiger partial charge in [-0.2, -0.15) is 5.10 Å². The molecule has 1 aromatic carbocycles. The predicted octanol–water partition coefficient (Wildman–Crippen LogP) is 1.57. The molecule has 19 heavy (non-hydrogen) atoms. The van der Waals surface area contributed by atoms with E-state index in [-0.39, 0.29) is 11.5 Å². The van der Waals surface area contributed by atoms with E-state index in [0.29, 0.717) is 13.2 Å². The number of hydrogen-bond donors (Lipinski definition) is 1. The van der Waals surface area contributed by atoms with Gasteiger partial charge in [0, 0.05) is 7.11 Å². The standard InChI is InChI=1S/C12H14N4O3/c1-19-8-10-5-3-2-4-9(10)7-15-12(13)11(6-14-15)16(17)18/h2-6H,7-8,13H2,1H3. The van der Waals surface area contributed by atoms with Gasteiger partial charge in [0.15, 0.2) is 0 Å². The van der Waals surface area contributed by atoms with Gasteiger partial charge in [0.25, 0.3) is 0 Å². The quantitative estimate of drug-likeness (QED) is 0.651. The Bertz CT molecular complexity index is 594. The summed E-state index contributed by atoms with van der Waals surface area (Å²) in [6.45, 7) is 0.846. The van der Waals surface area contributed by atoms with Gasteiger partial charge < -0.3 is 10.5 Å². The van der Waals surface area contributed by atoms with Gasteiger partial charge in [-0.3, -0.25) is 10.1 Å². The third kappa shape index (κ3) is 2.71. The molecule has 2 N–H and O–H groups in total. The largest absolute Gasteiger partial charge is 0.380 e. The molecule has 0 saturated carbocycles. The topological polar surface area (TPSA) is 96.2 Å². The number of ether oxygens (including phenoxy) is 1. The predicted molar refractivity (Wildman–Crippen MR) is 69.6 cm³/mol. The molecule has 0 saturated heterocycles. The van der Waals surface area contributed by atoms with Crippen LogP contribution in [-0.2, 0) is 17.9 Å². The summed E-state index contributed by atoms with van der Waals surface area (Å²) >= 11 is 0. The van der Waals surface area contributed by atoms with Crippen LogP contribution in [-0.4, -0.2) is 21.8 Å². The number of nitro groups is 1. The zero-order valence-corrected chi connectivity index (χ0v) is 10.4. The molecule has 0 radical (unpaired) electrons. The lowest BCUT2D eigenvalue weighted by molar-refractivity contribution is -0.384. The average molecular weight is 262 g/mol. The Morgan fingerprint density at radius 2 is 2.11 bits per heavy atom. The van der Waals surface area contributed by atoms with Gasteiger partial charge in [0.2, 0.25) is 5.82 Å². The average Bonchev–Trinajstić information content (AvgIpc) is 2.74. The summed E-state index contributed by atoms with van der Waals surface area (Å²) in [4.78, 5) is 10.2. The highest BCUT2D eigenvalue weighted by Crippen LogP contribution is 2.21. The van der Waals surface area contributed by atoms with E-state index in [2.05, 4.69) is 5.10 Å². The van der Waals surface area contributed by atoms with Crippen molar-refractivity contribution in [1.29, 1.82) is 0 Å². The first kappa shape index (κ1) is 13.0. The van der Waals surface area contributed by atoms with Crippen molar-refractivity contribution in [1.82, 2.24) is 9.78 Å². The van der Waals surface area contributed by atoms with Crippen LogP contribution in [0.2, 0.25) is 0 Å². The van der Waals surface area contributed by atoms with E-state index >= 15 is 0 Å². The van der Waals surface area contributed by atoms with E-state index < -0.39 is 4.92 Å². The van der Waals surface area contributed by atoms with Crippen molar-refractivity contribution in [3.63, 3.8) is 0 Å². The molecule has 2 aromatic rings. The van der Waals surface area contributed by atoms with E-state index in [1.165, 1.54) is 4.68 Å². The molecule has 0 unspecified atom stereocenters. The van der Waals surface area contributed by atoms with E-state index in [9.17, 15) is 10.1 Å². The third-order valence-corrected chi connectivity index (χ3v) is 2.79. The van der Waals surface area contributed by atoms with Crippen LogP contribution in [0.4, 0.5) is 11.5 Å². The van der Waals surface area contributed by atoms with E-state index in [4.69, 9.17) is 10.5 Å². The van der Waals surface area contributed by atoms with Crippen LogP contribution in [0.5, 0.6) is 0 Å². The zero-order chi connectivity index (χ0) is 13.8. The molecule has 7 heteroatoms. The molecule has 0 aliphatic rings. The first-order valence-electron chi connectivity index (χ1n) is 5.65. The Morgan fingerprint density at radius 1 is 1.42 bits per heavy atom. The van der Waals surface area contributed by atoms with Crippen LogP contribution < -0.4 is 5.73 Å². The number of benzene rings is 1. The second kappa shape index (κ2) is 5.49. The summed E-state index contributed by atoms with van der Waals surface area (Å²) < 4.78 is 6.52. The first-order valence-corrected chi connectivity index (χ1v) is 5.65. The number of anilines is 1. The minimum Gasteiger partial charge on any atom is -0.380 e. The number of nitrogens with two attached hydrogens (primary N) is 1. The summed E-state index contributed by atoms with van der Waals surface area (Å²) in [6.07, 6.45) is 1.16.